The van der Waals surface area contributed by atoms with E-state index in [2.05, 4.69) is 6.58 Å². The lowest BCUT2D eigenvalue weighted by atomic mass is 10.2. The zero-order chi connectivity index (χ0) is 17.8. The summed E-state index contributed by atoms with van der Waals surface area (Å²) in [5.41, 5.74) is 2.82. The summed E-state index contributed by atoms with van der Waals surface area (Å²) in [5.74, 6) is 0.678. The maximum atomic E-state index is 12.8. The van der Waals surface area contributed by atoms with Crippen molar-refractivity contribution < 1.29 is 9.53 Å². The molecule has 0 radical (unpaired) electrons. The molecule has 1 heterocycles. The number of hydrogen-bond donors (Lipinski definition) is 0. The van der Waals surface area contributed by atoms with E-state index >= 15 is 0 Å². The van der Waals surface area contributed by atoms with Crippen LogP contribution in [0.4, 0.5) is 5.69 Å². The number of rotatable bonds is 5. The van der Waals surface area contributed by atoms with Crippen LogP contribution in [0, 0.1) is 6.92 Å². The smallest absolute Gasteiger partial charge is 0.270 e. The topological polar surface area (TPSA) is 29.5 Å². The lowest BCUT2D eigenvalue weighted by molar-refractivity contribution is -0.113. The Morgan fingerprint density at radius 2 is 2.00 bits per heavy atom. The largest absolute Gasteiger partial charge is 0.490 e. The van der Waals surface area contributed by atoms with Crippen LogP contribution in [-0.4, -0.2) is 16.8 Å². The van der Waals surface area contributed by atoms with E-state index in [4.69, 9.17) is 17.0 Å². The quantitative estimate of drug-likeness (QED) is 0.424. The van der Waals surface area contributed by atoms with Crippen LogP contribution in [0.1, 0.15) is 11.1 Å². The first-order chi connectivity index (χ1) is 12.1. The van der Waals surface area contributed by atoms with Gasteiger partial charge in [-0.15, -0.1) is 0 Å². The van der Waals surface area contributed by atoms with E-state index in [9.17, 15) is 4.79 Å². The first-order valence-corrected chi connectivity index (χ1v) is 8.99. The van der Waals surface area contributed by atoms with Crippen molar-refractivity contribution in [3.63, 3.8) is 0 Å². The fourth-order valence-corrected chi connectivity index (χ4v) is 3.72. The normalized spacial score (nSPS) is 15.7. The van der Waals surface area contributed by atoms with Gasteiger partial charge in [0, 0.05) is 0 Å². The van der Waals surface area contributed by atoms with Crippen LogP contribution in [0.5, 0.6) is 5.75 Å². The lowest BCUT2D eigenvalue weighted by Crippen LogP contribution is -2.27. The van der Waals surface area contributed by atoms with Crippen molar-refractivity contribution in [2.24, 2.45) is 0 Å². The number of hydrogen-bond acceptors (Lipinski definition) is 4. The van der Waals surface area contributed by atoms with Crippen molar-refractivity contribution in [2.75, 3.05) is 11.5 Å². The number of carbonyl (C=O) groups excluding carboxylic acids is 1. The Bertz CT molecular complexity index is 856. The van der Waals surface area contributed by atoms with E-state index in [1.807, 2.05) is 61.5 Å². The molecule has 1 aliphatic rings. The van der Waals surface area contributed by atoms with Gasteiger partial charge < -0.3 is 4.74 Å². The zero-order valence-electron chi connectivity index (χ0n) is 13.8. The van der Waals surface area contributed by atoms with Gasteiger partial charge in [-0.25, -0.2) is 0 Å². The van der Waals surface area contributed by atoms with Crippen LogP contribution in [0.25, 0.3) is 6.08 Å². The number of carbonyl (C=O) groups is 1. The third kappa shape index (κ3) is 4.00. The molecule has 1 saturated heterocycles. The number of benzene rings is 2. The predicted molar refractivity (Wildman–Crippen MR) is 109 cm³/mol. The minimum atomic E-state index is -0.0902. The summed E-state index contributed by atoms with van der Waals surface area (Å²) in [6, 6.07) is 15.3. The van der Waals surface area contributed by atoms with E-state index in [0.717, 1.165) is 22.6 Å². The van der Waals surface area contributed by atoms with Gasteiger partial charge in [-0.3, -0.25) is 9.69 Å². The van der Waals surface area contributed by atoms with Crippen LogP contribution in [0.2, 0.25) is 0 Å². The second kappa shape index (κ2) is 7.68. The molecule has 126 valence electrons. The van der Waals surface area contributed by atoms with Crippen LogP contribution in [-0.2, 0) is 4.79 Å². The molecular weight excluding hydrogens is 350 g/mol. The molecule has 0 aliphatic carbocycles. The number of aryl methyl sites for hydroxylation is 1. The Morgan fingerprint density at radius 1 is 1.24 bits per heavy atom. The summed E-state index contributed by atoms with van der Waals surface area (Å²) in [5, 5.41) is 0. The van der Waals surface area contributed by atoms with Gasteiger partial charge in [0.15, 0.2) is 4.32 Å². The second-order valence-electron chi connectivity index (χ2n) is 5.52. The third-order valence-electron chi connectivity index (χ3n) is 3.60. The summed E-state index contributed by atoms with van der Waals surface area (Å²) < 4.78 is 6.01. The maximum Gasteiger partial charge on any atom is 0.270 e. The molecule has 0 N–H and O–H groups in total. The number of nitrogens with zero attached hydrogens (tertiary/aromatic N) is 1. The molecule has 5 heteroatoms. The first-order valence-electron chi connectivity index (χ1n) is 7.77. The molecule has 0 bridgehead atoms. The molecule has 25 heavy (non-hydrogen) atoms. The fraction of sp³-hybridized carbons (Fsp3) is 0.100. The average Bonchev–Trinajstić information content (AvgIpc) is 2.88. The van der Waals surface area contributed by atoms with Gasteiger partial charge >= 0.3 is 0 Å². The van der Waals surface area contributed by atoms with Gasteiger partial charge in [-0.05, 0) is 48.4 Å². The number of amides is 1. The Kier molecular flexibility index (Phi) is 5.36. The van der Waals surface area contributed by atoms with Crippen LogP contribution in [0.3, 0.4) is 0 Å². The van der Waals surface area contributed by atoms with Crippen LogP contribution < -0.4 is 9.64 Å². The SMILES string of the molecule is C=CCOc1ccc(C=C2SC(=S)N(c3cccc(C)c3)C2=O)cc1. The molecule has 0 unspecified atom stereocenters. The van der Waals surface area contributed by atoms with E-state index in [-0.39, 0.29) is 5.91 Å². The zero-order valence-corrected chi connectivity index (χ0v) is 15.4. The minimum Gasteiger partial charge on any atom is -0.490 e. The highest BCUT2D eigenvalue weighted by molar-refractivity contribution is 8.27. The van der Waals surface area contributed by atoms with Crippen molar-refractivity contribution >= 4 is 46.0 Å². The third-order valence-corrected chi connectivity index (χ3v) is 4.90. The minimum absolute atomic E-state index is 0.0902. The molecule has 0 saturated carbocycles. The highest BCUT2D eigenvalue weighted by Crippen LogP contribution is 2.36. The number of thiocarbonyl (C=S) groups is 1. The summed E-state index contributed by atoms with van der Waals surface area (Å²) in [4.78, 5) is 15.0. The van der Waals surface area contributed by atoms with Gasteiger partial charge in [-0.1, -0.05) is 60.9 Å². The van der Waals surface area contributed by atoms with Gasteiger partial charge in [0.05, 0.1) is 10.6 Å². The molecule has 2 aromatic carbocycles. The van der Waals surface area contributed by atoms with Crippen LogP contribution in [0.15, 0.2) is 66.1 Å². The van der Waals surface area contributed by atoms with Crippen LogP contribution >= 0.6 is 24.0 Å². The molecule has 3 nitrogen and oxygen atoms in total. The number of thioether (sulfide) groups is 1. The molecule has 0 aromatic heterocycles. The highest BCUT2D eigenvalue weighted by atomic mass is 32.2. The molecule has 0 atom stereocenters. The Balaban J connectivity index is 1.81. The highest BCUT2D eigenvalue weighted by Gasteiger charge is 2.33. The van der Waals surface area contributed by atoms with E-state index in [1.165, 1.54) is 11.8 Å². The average molecular weight is 367 g/mol. The summed E-state index contributed by atoms with van der Waals surface area (Å²) in [6.07, 6.45) is 3.55. The van der Waals surface area contributed by atoms with Crippen molar-refractivity contribution in [3.05, 3.63) is 77.2 Å². The van der Waals surface area contributed by atoms with Gasteiger partial charge in [0.2, 0.25) is 0 Å². The van der Waals surface area contributed by atoms with Gasteiger partial charge in [0.1, 0.15) is 12.4 Å². The molecule has 1 fully saturated rings. The van der Waals surface area contributed by atoms with Crippen molar-refractivity contribution in [1.29, 1.82) is 0 Å². The van der Waals surface area contributed by atoms with E-state index in [0.29, 0.717) is 15.8 Å². The van der Waals surface area contributed by atoms with E-state index < -0.39 is 0 Å². The predicted octanol–water partition coefficient (Wildman–Crippen LogP) is 4.97. The molecule has 1 aliphatic heterocycles. The molecular formula is C20H17NO2S2. The number of ether oxygens (including phenoxy) is 1. The molecule has 1 amide bonds. The summed E-state index contributed by atoms with van der Waals surface area (Å²) in [6.45, 7) is 6.08. The fourth-order valence-electron chi connectivity index (χ4n) is 2.42. The standard InChI is InChI=1S/C20H17NO2S2/c1-3-11-23-17-9-7-15(8-10-17)13-18-19(22)21(20(24)25-18)16-6-4-5-14(2)12-16/h3-10,12-13H,1,11H2,2H3. The van der Waals surface area contributed by atoms with Gasteiger partial charge in [0.25, 0.3) is 5.91 Å². The second-order valence-corrected chi connectivity index (χ2v) is 7.20. The monoisotopic (exact) mass is 367 g/mol. The summed E-state index contributed by atoms with van der Waals surface area (Å²) in [7, 11) is 0. The van der Waals surface area contributed by atoms with Crippen molar-refractivity contribution in [1.82, 2.24) is 0 Å². The molecule has 2 aromatic rings. The van der Waals surface area contributed by atoms with Crippen molar-refractivity contribution in [3.8, 4) is 5.75 Å². The number of anilines is 1. The van der Waals surface area contributed by atoms with Crippen molar-refractivity contribution in [2.45, 2.75) is 6.92 Å². The lowest BCUT2D eigenvalue weighted by Gasteiger charge is -2.14. The Hall–Kier alpha value is -2.37. The van der Waals surface area contributed by atoms with Gasteiger partial charge in [-0.2, -0.15) is 0 Å². The van der Waals surface area contributed by atoms with E-state index in [1.54, 1.807) is 11.0 Å². The first kappa shape index (κ1) is 17.5. The Labute approximate surface area is 157 Å². The maximum absolute atomic E-state index is 12.8. The molecule has 3 rings (SSSR count). The summed E-state index contributed by atoms with van der Waals surface area (Å²) >= 11 is 6.72. The molecule has 0 spiro atoms. The Morgan fingerprint density at radius 3 is 2.68 bits per heavy atom.